The van der Waals surface area contributed by atoms with Gasteiger partial charge in [0, 0.05) is 19.5 Å². The second-order valence-electron chi connectivity index (χ2n) is 7.31. The Hall–Kier alpha value is -0.570. The van der Waals surface area contributed by atoms with E-state index in [4.69, 9.17) is 5.73 Å². The van der Waals surface area contributed by atoms with E-state index in [1.54, 1.807) is 0 Å². The molecule has 0 radical (unpaired) electrons. The maximum Gasteiger partial charge on any atom is 0.220 e. The first kappa shape index (κ1) is 22.4. The van der Waals surface area contributed by atoms with E-state index in [0.29, 0.717) is 19.5 Å². The second-order valence-corrected chi connectivity index (χ2v) is 7.31. The summed E-state index contributed by atoms with van der Waals surface area (Å²) in [6.07, 6.45) is 18.2. The van der Waals surface area contributed by atoms with Crippen LogP contribution in [0.15, 0.2) is 0 Å². The Kier molecular flexibility index (Phi) is 17.3. The summed E-state index contributed by atoms with van der Waals surface area (Å²) in [6, 6.07) is 0. The minimum Gasteiger partial charge on any atom is -0.355 e. The van der Waals surface area contributed by atoms with E-state index in [-0.39, 0.29) is 5.91 Å². The van der Waals surface area contributed by atoms with Crippen molar-refractivity contribution in [2.45, 2.75) is 104 Å². The first-order valence-electron chi connectivity index (χ1n) is 10.1. The lowest BCUT2D eigenvalue weighted by molar-refractivity contribution is -0.121. The quantitative estimate of drug-likeness (QED) is 0.362. The summed E-state index contributed by atoms with van der Waals surface area (Å²) in [5.41, 5.74) is 5.35. The van der Waals surface area contributed by atoms with E-state index in [2.05, 4.69) is 19.2 Å². The van der Waals surface area contributed by atoms with Gasteiger partial charge in [-0.3, -0.25) is 4.79 Å². The lowest BCUT2D eigenvalue weighted by Gasteiger charge is -2.05. The third kappa shape index (κ3) is 19.4. The number of rotatable bonds is 17. The van der Waals surface area contributed by atoms with Gasteiger partial charge >= 0.3 is 0 Å². The van der Waals surface area contributed by atoms with Crippen molar-refractivity contribution in [1.82, 2.24) is 5.32 Å². The summed E-state index contributed by atoms with van der Waals surface area (Å²) in [5, 5.41) is 2.82. The minimum absolute atomic E-state index is 0.156. The van der Waals surface area contributed by atoms with Gasteiger partial charge in [0.2, 0.25) is 5.91 Å². The highest BCUT2D eigenvalue weighted by atomic mass is 16.1. The maximum absolute atomic E-state index is 11.4. The van der Waals surface area contributed by atoms with Gasteiger partial charge < -0.3 is 11.1 Å². The fourth-order valence-corrected chi connectivity index (χ4v) is 2.91. The first-order valence-corrected chi connectivity index (χ1v) is 10.1. The number of nitrogens with two attached hydrogens (primary N) is 1. The highest BCUT2D eigenvalue weighted by Crippen LogP contribution is 2.14. The Morgan fingerprint density at radius 3 is 1.65 bits per heavy atom. The SMILES string of the molecule is CC(C)CCCCCCCCCCCCCCC(=O)NCCN. The van der Waals surface area contributed by atoms with Crippen LogP contribution in [-0.2, 0) is 4.79 Å². The molecule has 3 N–H and O–H groups in total. The molecule has 23 heavy (non-hydrogen) atoms. The summed E-state index contributed by atoms with van der Waals surface area (Å²) in [7, 11) is 0. The number of nitrogens with one attached hydrogen (secondary N) is 1. The van der Waals surface area contributed by atoms with Crippen molar-refractivity contribution >= 4 is 5.91 Å². The Labute approximate surface area is 145 Å². The first-order chi connectivity index (χ1) is 11.2. The lowest BCUT2D eigenvalue weighted by Crippen LogP contribution is -2.28. The van der Waals surface area contributed by atoms with Gasteiger partial charge in [-0.15, -0.1) is 0 Å². The summed E-state index contributed by atoms with van der Waals surface area (Å²) in [6.45, 7) is 5.77. The molecule has 0 rings (SSSR count). The summed E-state index contributed by atoms with van der Waals surface area (Å²) >= 11 is 0. The van der Waals surface area contributed by atoms with Crippen LogP contribution in [0.4, 0.5) is 0 Å². The molecule has 0 saturated carbocycles. The topological polar surface area (TPSA) is 55.1 Å². The minimum atomic E-state index is 0.156. The molecule has 0 fully saturated rings. The van der Waals surface area contributed by atoms with Crippen LogP contribution in [0.1, 0.15) is 104 Å². The van der Waals surface area contributed by atoms with Gasteiger partial charge in [0.15, 0.2) is 0 Å². The van der Waals surface area contributed by atoms with Crippen LogP contribution in [0.3, 0.4) is 0 Å². The average molecular weight is 327 g/mol. The van der Waals surface area contributed by atoms with Crippen molar-refractivity contribution < 1.29 is 4.79 Å². The van der Waals surface area contributed by atoms with Gasteiger partial charge in [0.1, 0.15) is 0 Å². The second kappa shape index (κ2) is 17.8. The predicted octanol–water partition coefficient (Wildman–Crippen LogP) is 5.18. The van der Waals surface area contributed by atoms with Crippen LogP contribution in [0.25, 0.3) is 0 Å². The Balaban J connectivity index is 3.06. The molecule has 138 valence electrons. The number of carbonyl (C=O) groups is 1. The van der Waals surface area contributed by atoms with E-state index in [9.17, 15) is 4.79 Å². The molecule has 0 aliphatic rings. The van der Waals surface area contributed by atoms with Crippen molar-refractivity contribution in [1.29, 1.82) is 0 Å². The molecule has 0 aromatic heterocycles. The molecule has 0 spiro atoms. The normalized spacial score (nSPS) is 11.1. The Morgan fingerprint density at radius 1 is 0.783 bits per heavy atom. The van der Waals surface area contributed by atoms with Crippen LogP contribution in [-0.4, -0.2) is 19.0 Å². The van der Waals surface area contributed by atoms with Gasteiger partial charge in [0.05, 0.1) is 0 Å². The largest absolute Gasteiger partial charge is 0.355 e. The van der Waals surface area contributed by atoms with Gasteiger partial charge in [-0.05, 0) is 12.3 Å². The molecule has 0 aromatic carbocycles. The number of amides is 1. The molecule has 0 unspecified atom stereocenters. The zero-order valence-corrected chi connectivity index (χ0v) is 15.9. The molecule has 0 aliphatic heterocycles. The van der Waals surface area contributed by atoms with Crippen molar-refractivity contribution in [2.75, 3.05) is 13.1 Å². The van der Waals surface area contributed by atoms with Crippen molar-refractivity contribution in [3.63, 3.8) is 0 Å². The van der Waals surface area contributed by atoms with Crippen LogP contribution in [0.5, 0.6) is 0 Å². The standard InChI is InChI=1S/C20H42N2O/c1-19(2)15-13-11-9-7-5-3-4-6-8-10-12-14-16-20(23)22-18-17-21/h19H,3-18,21H2,1-2H3,(H,22,23). The number of hydrogen-bond donors (Lipinski definition) is 2. The molecular weight excluding hydrogens is 284 g/mol. The zero-order chi connectivity index (χ0) is 17.2. The zero-order valence-electron chi connectivity index (χ0n) is 15.9. The van der Waals surface area contributed by atoms with Gasteiger partial charge in [-0.2, -0.15) is 0 Å². The number of carbonyl (C=O) groups excluding carboxylic acids is 1. The van der Waals surface area contributed by atoms with Crippen LogP contribution in [0.2, 0.25) is 0 Å². The molecular formula is C20H42N2O. The van der Waals surface area contributed by atoms with Crippen LogP contribution >= 0.6 is 0 Å². The van der Waals surface area contributed by atoms with E-state index in [0.717, 1.165) is 12.3 Å². The number of hydrogen-bond acceptors (Lipinski definition) is 2. The highest BCUT2D eigenvalue weighted by molar-refractivity contribution is 5.75. The van der Waals surface area contributed by atoms with Crippen molar-refractivity contribution in [3.8, 4) is 0 Å². The third-order valence-corrected chi connectivity index (χ3v) is 4.40. The Morgan fingerprint density at radius 2 is 1.22 bits per heavy atom. The van der Waals surface area contributed by atoms with Crippen molar-refractivity contribution in [2.24, 2.45) is 11.7 Å². The monoisotopic (exact) mass is 326 g/mol. The van der Waals surface area contributed by atoms with Crippen LogP contribution in [0, 0.1) is 5.92 Å². The van der Waals surface area contributed by atoms with E-state index in [1.165, 1.54) is 77.0 Å². The molecule has 3 nitrogen and oxygen atoms in total. The number of unbranched alkanes of at least 4 members (excludes halogenated alkanes) is 11. The maximum atomic E-state index is 11.4. The van der Waals surface area contributed by atoms with Gasteiger partial charge in [-0.25, -0.2) is 0 Å². The summed E-state index contributed by atoms with van der Waals surface area (Å²) in [5.74, 6) is 1.03. The fourth-order valence-electron chi connectivity index (χ4n) is 2.91. The highest BCUT2D eigenvalue weighted by Gasteiger charge is 1.99. The Bertz CT molecular complexity index is 254. The lowest BCUT2D eigenvalue weighted by atomic mass is 10.0. The molecule has 0 atom stereocenters. The van der Waals surface area contributed by atoms with Crippen LogP contribution < -0.4 is 11.1 Å². The molecule has 3 heteroatoms. The molecule has 0 aromatic rings. The van der Waals surface area contributed by atoms with Gasteiger partial charge in [0.25, 0.3) is 0 Å². The van der Waals surface area contributed by atoms with E-state index >= 15 is 0 Å². The smallest absolute Gasteiger partial charge is 0.220 e. The molecule has 0 aliphatic carbocycles. The molecule has 0 heterocycles. The predicted molar refractivity (Wildman–Crippen MR) is 102 cm³/mol. The summed E-state index contributed by atoms with van der Waals surface area (Å²) in [4.78, 5) is 11.4. The average Bonchev–Trinajstić information content (AvgIpc) is 2.52. The van der Waals surface area contributed by atoms with Gasteiger partial charge in [-0.1, -0.05) is 90.9 Å². The molecule has 0 saturated heterocycles. The van der Waals surface area contributed by atoms with E-state index < -0.39 is 0 Å². The summed E-state index contributed by atoms with van der Waals surface area (Å²) < 4.78 is 0. The van der Waals surface area contributed by atoms with E-state index in [1.807, 2.05) is 0 Å². The molecule has 1 amide bonds. The van der Waals surface area contributed by atoms with Crippen molar-refractivity contribution in [3.05, 3.63) is 0 Å². The third-order valence-electron chi connectivity index (χ3n) is 4.40. The molecule has 0 bridgehead atoms. The fraction of sp³-hybridized carbons (Fsp3) is 0.950.